The first-order valence-electron chi connectivity index (χ1n) is 13.3. The normalized spacial score (nSPS) is 22.2. The van der Waals surface area contributed by atoms with Crippen molar-refractivity contribution in [2.45, 2.75) is 38.5 Å². The summed E-state index contributed by atoms with van der Waals surface area (Å²) in [6.45, 7) is -0.851. The van der Waals surface area contributed by atoms with Gasteiger partial charge in [-0.05, 0) is 77.8 Å². The van der Waals surface area contributed by atoms with E-state index in [9.17, 15) is 30.0 Å². The number of aliphatic hydroxyl groups is 4. The van der Waals surface area contributed by atoms with E-state index in [1.165, 1.54) is 16.2 Å². The van der Waals surface area contributed by atoms with Crippen LogP contribution in [0, 0.1) is 17.8 Å². The van der Waals surface area contributed by atoms with Crippen molar-refractivity contribution in [3.63, 3.8) is 0 Å². The molecule has 3 aromatic heterocycles. The van der Waals surface area contributed by atoms with E-state index in [1.807, 2.05) is 29.6 Å². The van der Waals surface area contributed by atoms with Crippen molar-refractivity contribution in [3.05, 3.63) is 87.3 Å². The van der Waals surface area contributed by atoms with Gasteiger partial charge in [-0.3, -0.25) is 19.5 Å². The van der Waals surface area contributed by atoms with Crippen molar-refractivity contribution in [1.82, 2.24) is 9.88 Å². The molecule has 1 fully saturated rings. The van der Waals surface area contributed by atoms with Crippen LogP contribution < -0.4 is 0 Å². The molecule has 9 nitrogen and oxygen atoms in total. The third-order valence-electron chi connectivity index (χ3n) is 7.75. The van der Waals surface area contributed by atoms with Crippen LogP contribution >= 0.6 is 11.3 Å². The molecule has 210 valence electrons. The largest absolute Gasteiger partial charge is 0.459 e. The molecule has 0 bridgehead atoms. The number of furan rings is 1. The lowest BCUT2D eigenvalue weighted by molar-refractivity contribution is -0.140. The molecule has 0 spiro atoms. The second-order valence-electron chi connectivity index (χ2n) is 10.1. The fourth-order valence-electron chi connectivity index (χ4n) is 5.89. The maximum atomic E-state index is 13.5. The number of imide groups is 1. The maximum absolute atomic E-state index is 13.5. The fraction of sp³-hybridized carbons (Fsp3) is 0.367. The summed E-state index contributed by atoms with van der Waals surface area (Å²) >= 11 is 1.46. The van der Waals surface area contributed by atoms with E-state index in [2.05, 4.69) is 4.98 Å². The highest BCUT2D eigenvalue weighted by molar-refractivity contribution is 7.09. The topological polar surface area (TPSA) is 144 Å². The zero-order valence-electron chi connectivity index (χ0n) is 21.8. The average molecular weight is 565 g/mol. The van der Waals surface area contributed by atoms with Crippen molar-refractivity contribution >= 4 is 34.8 Å². The van der Waals surface area contributed by atoms with E-state index in [4.69, 9.17) is 4.42 Å². The molecule has 5 rings (SSSR count). The molecule has 4 atom stereocenters. The van der Waals surface area contributed by atoms with Gasteiger partial charge < -0.3 is 24.8 Å². The van der Waals surface area contributed by atoms with E-state index in [0.29, 0.717) is 34.8 Å². The molecule has 10 heteroatoms. The van der Waals surface area contributed by atoms with Crippen molar-refractivity contribution in [2.24, 2.45) is 17.8 Å². The van der Waals surface area contributed by atoms with Crippen molar-refractivity contribution in [1.29, 1.82) is 0 Å². The molecule has 3 aromatic rings. The number of carbonyl (C=O) groups excluding carboxylic acids is 2. The van der Waals surface area contributed by atoms with Gasteiger partial charge in [0.1, 0.15) is 18.1 Å². The number of aliphatic hydroxyl groups excluding tert-OH is 4. The number of pyridine rings is 1. The highest BCUT2D eigenvalue weighted by atomic mass is 32.1. The minimum absolute atomic E-state index is 0.162. The van der Waals surface area contributed by atoms with Gasteiger partial charge in [0.2, 0.25) is 11.8 Å². The Balaban J connectivity index is 1.39. The Morgan fingerprint density at radius 2 is 1.95 bits per heavy atom. The van der Waals surface area contributed by atoms with Crippen LogP contribution in [0.15, 0.2) is 69.6 Å². The van der Waals surface area contributed by atoms with E-state index in [1.54, 1.807) is 30.5 Å². The number of hydrogen-bond acceptors (Lipinski definition) is 9. The highest BCUT2D eigenvalue weighted by Gasteiger charge is 2.54. The zero-order chi connectivity index (χ0) is 28.2. The summed E-state index contributed by atoms with van der Waals surface area (Å²) in [4.78, 5) is 33.3. The van der Waals surface area contributed by atoms with Crippen LogP contribution in [-0.4, -0.2) is 61.4 Å². The van der Waals surface area contributed by atoms with Gasteiger partial charge in [0.05, 0.1) is 43.4 Å². The number of likely N-dealkylation sites (tertiary alicyclic amines) is 1. The average Bonchev–Trinajstić information content (AvgIpc) is 3.72. The Labute approximate surface area is 235 Å². The van der Waals surface area contributed by atoms with E-state index < -0.39 is 30.5 Å². The number of rotatable bonds is 11. The molecule has 2 amide bonds. The third-order valence-corrected chi connectivity index (χ3v) is 8.61. The SMILES string of the molecule is O=C1[C@@H]2[C@@H](CC(CO)=C([C@H](O)CC/C(=C/c3ccc(CO)o3)c3ccccn3)[C@@H]2CO)C(=O)N1Cc1cccs1. The quantitative estimate of drug-likeness (QED) is 0.206. The third kappa shape index (κ3) is 5.59. The number of fused-ring (bicyclic) bond motifs is 1. The lowest BCUT2D eigenvalue weighted by Crippen LogP contribution is -2.39. The van der Waals surface area contributed by atoms with E-state index >= 15 is 0 Å². The molecule has 4 heterocycles. The van der Waals surface area contributed by atoms with Crippen LogP contribution in [0.2, 0.25) is 0 Å². The van der Waals surface area contributed by atoms with Gasteiger partial charge >= 0.3 is 0 Å². The van der Waals surface area contributed by atoms with Crippen molar-refractivity contribution in [2.75, 3.05) is 13.2 Å². The molecular weight excluding hydrogens is 532 g/mol. The predicted octanol–water partition coefficient (Wildman–Crippen LogP) is 3.01. The second-order valence-corrected chi connectivity index (χ2v) is 11.1. The standard InChI is InChI=1S/C30H32N2O7S/c33-15-19-13-23-28(30(38)32(29(23)37)14-22-4-3-11-40-22)24(17-35)27(19)26(36)9-6-18(25-5-1-2-10-31-25)12-20-7-8-21(16-34)39-20/h1-5,7-8,10-12,23-24,26,28,33-36H,6,9,13-17H2/b18-12-/t23-,24+,26-,28-/m1/s1. The molecule has 1 aliphatic carbocycles. The number of thiophene rings is 1. The van der Waals surface area contributed by atoms with Gasteiger partial charge in [-0.2, -0.15) is 0 Å². The Morgan fingerprint density at radius 3 is 2.60 bits per heavy atom. The Morgan fingerprint density at radius 1 is 1.10 bits per heavy atom. The smallest absolute Gasteiger partial charge is 0.234 e. The molecule has 2 aliphatic rings. The van der Waals surface area contributed by atoms with Crippen LogP contribution in [0.4, 0.5) is 0 Å². The molecule has 0 aromatic carbocycles. The molecule has 0 radical (unpaired) electrons. The summed E-state index contributed by atoms with van der Waals surface area (Å²) in [5, 5.41) is 43.3. The summed E-state index contributed by atoms with van der Waals surface area (Å²) < 4.78 is 5.63. The molecule has 1 aliphatic heterocycles. The molecule has 1 saturated heterocycles. The summed E-state index contributed by atoms with van der Waals surface area (Å²) in [5.74, 6) is -1.94. The van der Waals surface area contributed by atoms with Gasteiger partial charge in [-0.25, -0.2) is 0 Å². The van der Waals surface area contributed by atoms with Gasteiger partial charge in [0, 0.05) is 17.0 Å². The summed E-state index contributed by atoms with van der Waals surface area (Å²) in [5.41, 5.74) is 2.41. The molecular formula is C30H32N2O7S. The maximum Gasteiger partial charge on any atom is 0.234 e. The molecule has 40 heavy (non-hydrogen) atoms. The summed E-state index contributed by atoms with van der Waals surface area (Å²) in [6, 6.07) is 12.7. The fourth-order valence-corrected chi connectivity index (χ4v) is 6.58. The number of nitrogens with zero attached hydrogens (tertiary/aromatic N) is 2. The number of hydrogen-bond donors (Lipinski definition) is 4. The van der Waals surface area contributed by atoms with Gasteiger partial charge in [-0.15, -0.1) is 11.3 Å². The van der Waals surface area contributed by atoms with Gasteiger partial charge in [0.15, 0.2) is 0 Å². The Kier molecular flexibility index (Phi) is 8.72. The lowest BCUT2D eigenvalue weighted by Gasteiger charge is -2.36. The summed E-state index contributed by atoms with van der Waals surface area (Å²) in [7, 11) is 0. The first kappa shape index (κ1) is 28.1. The van der Waals surface area contributed by atoms with E-state index in [-0.39, 0.29) is 44.4 Å². The lowest BCUT2D eigenvalue weighted by atomic mass is 9.68. The minimum Gasteiger partial charge on any atom is -0.459 e. The Hall–Kier alpha value is -3.41. The number of amides is 2. The summed E-state index contributed by atoms with van der Waals surface area (Å²) in [6.07, 6.45) is 3.17. The van der Waals surface area contributed by atoms with Crippen LogP contribution in [0.1, 0.15) is 41.4 Å². The van der Waals surface area contributed by atoms with Crippen LogP contribution in [0.3, 0.4) is 0 Å². The second kappa shape index (κ2) is 12.4. The van der Waals surface area contributed by atoms with Crippen molar-refractivity contribution in [3.8, 4) is 0 Å². The molecule has 4 N–H and O–H groups in total. The highest BCUT2D eigenvalue weighted by Crippen LogP contribution is 2.46. The monoisotopic (exact) mass is 564 g/mol. The number of carbonyl (C=O) groups is 2. The van der Waals surface area contributed by atoms with Gasteiger partial charge in [0.25, 0.3) is 0 Å². The van der Waals surface area contributed by atoms with Gasteiger partial charge in [-0.1, -0.05) is 12.1 Å². The molecule has 0 saturated carbocycles. The van der Waals surface area contributed by atoms with Crippen molar-refractivity contribution < 1.29 is 34.4 Å². The number of aromatic nitrogens is 1. The predicted molar refractivity (Wildman–Crippen MR) is 148 cm³/mol. The molecule has 0 unspecified atom stereocenters. The first-order valence-corrected chi connectivity index (χ1v) is 14.1. The number of allylic oxidation sites excluding steroid dienone is 1. The van der Waals surface area contributed by atoms with E-state index in [0.717, 1.165) is 10.5 Å². The van der Waals surface area contributed by atoms with Crippen LogP contribution in [-0.2, 0) is 22.7 Å². The van der Waals surface area contributed by atoms with Crippen LogP contribution in [0.25, 0.3) is 11.6 Å². The Bertz CT molecular complexity index is 1400. The minimum atomic E-state index is -1.06. The van der Waals surface area contributed by atoms with Crippen LogP contribution in [0.5, 0.6) is 0 Å². The first-order chi connectivity index (χ1) is 19.4. The zero-order valence-corrected chi connectivity index (χ0v) is 22.7.